The van der Waals surface area contributed by atoms with Gasteiger partial charge in [-0.2, -0.15) is 4.31 Å². The van der Waals surface area contributed by atoms with Gasteiger partial charge in [-0.15, -0.1) is 0 Å². The van der Waals surface area contributed by atoms with Crippen LogP contribution in [0, 0.1) is 0 Å². The largest absolute Gasteiger partial charge is 0.497 e. The molecule has 9 heteroatoms. The second-order valence-corrected chi connectivity index (χ2v) is 8.84. The third kappa shape index (κ3) is 4.27. The zero-order valence-corrected chi connectivity index (χ0v) is 17.4. The van der Waals surface area contributed by atoms with Crippen molar-refractivity contribution in [3.63, 3.8) is 0 Å². The Kier molecular flexibility index (Phi) is 5.91. The predicted molar refractivity (Wildman–Crippen MR) is 113 cm³/mol. The number of piperidine rings is 1. The van der Waals surface area contributed by atoms with Crippen LogP contribution in [0.2, 0.25) is 0 Å². The second kappa shape index (κ2) is 8.76. The molecule has 1 aliphatic heterocycles. The Balaban J connectivity index is 1.63. The highest BCUT2D eigenvalue weighted by molar-refractivity contribution is 7.89. The number of hydrogen-bond acceptors (Lipinski definition) is 7. The van der Waals surface area contributed by atoms with E-state index in [0.29, 0.717) is 36.2 Å². The molecular weight excluding hydrogens is 402 g/mol. The molecule has 1 fully saturated rings. The van der Waals surface area contributed by atoms with Crippen molar-refractivity contribution >= 4 is 21.8 Å². The molecule has 0 spiro atoms. The molecule has 30 heavy (non-hydrogen) atoms. The molecule has 3 aromatic rings. The van der Waals surface area contributed by atoms with E-state index in [4.69, 9.17) is 4.74 Å². The number of ether oxygens (including phenoxy) is 1. The molecule has 1 aromatic carbocycles. The summed E-state index contributed by atoms with van der Waals surface area (Å²) in [6.07, 6.45) is 5.77. The molecule has 4 rings (SSSR count). The Hall–Kier alpha value is -3.04. The van der Waals surface area contributed by atoms with Crippen molar-refractivity contribution in [3.05, 3.63) is 66.6 Å². The SMILES string of the molecule is COc1ccc(S(=O)(=O)N2CCCC[C@H]2c2ccnc(Nc3ccccn3)n2)cc1. The summed E-state index contributed by atoms with van der Waals surface area (Å²) in [5.74, 6) is 1.63. The van der Waals surface area contributed by atoms with Gasteiger partial charge in [0.05, 0.1) is 23.7 Å². The summed E-state index contributed by atoms with van der Waals surface area (Å²) in [5, 5.41) is 3.07. The Morgan fingerprint density at radius 1 is 1.03 bits per heavy atom. The highest BCUT2D eigenvalue weighted by atomic mass is 32.2. The van der Waals surface area contributed by atoms with Gasteiger partial charge in [0.2, 0.25) is 16.0 Å². The third-order valence-corrected chi connectivity index (χ3v) is 6.97. The first-order valence-electron chi connectivity index (χ1n) is 9.75. The number of pyridine rings is 1. The first kappa shape index (κ1) is 20.2. The summed E-state index contributed by atoms with van der Waals surface area (Å²) in [6, 6.07) is 13.4. The van der Waals surface area contributed by atoms with Crippen molar-refractivity contribution in [2.45, 2.75) is 30.2 Å². The van der Waals surface area contributed by atoms with Crippen molar-refractivity contribution < 1.29 is 13.2 Å². The summed E-state index contributed by atoms with van der Waals surface area (Å²) >= 11 is 0. The average molecular weight is 426 g/mol. The lowest BCUT2D eigenvalue weighted by Crippen LogP contribution is -2.38. The van der Waals surface area contributed by atoms with E-state index in [0.717, 1.165) is 12.8 Å². The molecule has 8 nitrogen and oxygen atoms in total. The second-order valence-electron chi connectivity index (χ2n) is 6.95. The normalized spacial score (nSPS) is 17.4. The van der Waals surface area contributed by atoms with E-state index in [1.54, 1.807) is 54.1 Å². The standard InChI is InChI=1S/C21H23N5O3S/c1-29-16-8-10-17(11-9-16)30(27,28)26-15-5-3-6-19(26)18-12-14-23-21(24-18)25-20-7-2-4-13-22-20/h2,4,7-14,19H,3,5-6,15H2,1H3,(H,22,23,24,25)/t19-/m0/s1. The van der Waals surface area contributed by atoms with Crippen molar-refractivity contribution in [3.8, 4) is 5.75 Å². The minimum Gasteiger partial charge on any atom is -0.497 e. The lowest BCUT2D eigenvalue weighted by molar-refractivity contribution is 0.251. The van der Waals surface area contributed by atoms with Crippen LogP contribution in [-0.4, -0.2) is 41.3 Å². The fourth-order valence-corrected chi connectivity index (χ4v) is 5.21. The van der Waals surface area contributed by atoms with E-state index in [1.165, 1.54) is 0 Å². The Morgan fingerprint density at radius 3 is 2.60 bits per heavy atom. The summed E-state index contributed by atoms with van der Waals surface area (Å²) in [6.45, 7) is 0.450. The number of aromatic nitrogens is 3. The first-order chi connectivity index (χ1) is 14.6. The van der Waals surface area contributed by atoms with Gasteiger partial charge in [-0.05, 0) is 55.3 Å². The Bertz CT molecular complexity index is 1090. The van der Waals surface area contributed by atoms with Gasteiger partial charge in [-0.3, -0.25) is 0 Å². The van der Waals surface area contributed by atoms with Crippen molar-refractivity contribution in [2.75, 3.05) is 19.0 Å². The quantitative estimate of drug-likeness (QED) is 0.645. The number of nitrogens with one attached hydrogen (secondary N) is 1. The van der Waals surface area contributed by atoms with Gasteiger partial charge in [0.15, 0.2) is 0 Å². The molecule has 0 bridgehead atoms. The van der Waals surface area contributed by atoms with E-state index in [9.17, 15) is 8.42 Å². The van der Waals surface area contributed by atoms with Crippen LogP contribution in [-0.2, 0) is 10.0 Å². The Morgan fingerprint density at radius 2 is 1.87 bits per heavy atom. The maximum absolute atomic E-state index is 13.4. The molecular formula is C21H23N5O3S. The van der Waals surface area contributed by atoms with E-state index >= 15 is 0 Å². The van der Waals surface area contributed by atoms with Crippen LogP contribution in [0.1, 0.15) is 31.0 Å². The fourth-order valence-electron chi connectivity index (χ4n) is 3.54. The van der Waals surface area contributed by atoms with E-state index in [1.807, 2.05) is 18.2 Å². The van der Waals surface area contributed by atoms with Gasteiger partial charge in [0.25, 0.3) is 0 Å². The summed E-state index contributed by atoms with van der Waals surface area (Å²) in [5.41, 5.74) is 0.667. The third-order valence-electron chi connectivity index (χ3n) is 5.04. The molecule has 0 amide bonds. The molecule has 3 heterocycles. The fraction of sp³-hybridized carbons (Fsp3) is 0.286. The van der Waals surface area contributed by atoms with Crippen LogP contribution in [0.3, 0.4) is 0 Å². The molecule has 0 unspecified atom stereocenters. The zero-order valence-electron chi connectivity index (χ0n) is 16.6. The number of rotatable bonds is 6. The van der Waals surface area contributed by atoms with Gasteiger partial charge >= 0.3 is 0 Å². The van der Waals surface area contributed by atoms with Gasteiger partial charge in [-0.25, -0.2) is 23.4 Å². The maximum atomic E-state index is 13.4. The topological polar surface area (TPSA) is 97.3 Å². The lowest BCUT2D eigenvalue weighted by atomic mass is 10.0. The summed E-state index contributed by atoms with van der Waals surface area (Å²) < 4.78 is 33.4. The van der Waals surface area contributed by atoms with Gasteiger partial charge in [0, 0.05) is 18.9 Å². The van der Waals surface area contributed by atoms with E-state index in [-0.39, 0.29) is 10.9 Å². The average Bonchev–Trinajstić information content (AvgIpc) is 2.80. The highest BCUT2D eigenvalue weighted by Crippen LogP contribution is 2.35. The minimum absolute atomic E-state index is 0.246. The number of nitrogens with zero attached hydrogens (tertiary/aromatic N) is 4. The monoisotopic (exact) mass is 425 g/mol. The number of hydrogen-bond donors (Lipinski definition) is 1. The van der Waals surface area contributed by atoms with Gasteiger partial charge in [0.1, 0.15) is 11.6 Å². The summed E-state index contributed by atoms with van der Waals surface area (Å²) in [7, 11) is -2.12. The molecule has 0 aliphatic carbocycles. The maximum Gasteiger partial charge on any atom is 0.243 e. The molecule has 156 valence electrons. The number of sulfonamides is 1. The molecule has 1 saturated heterocycles. The zero-order chi connectivity index (χ0) is 21.0. The van der Waals surface area contributed by atoms with Crippen molar-refractivity contribution in [2.24, 2.45) is 0 Å². The van der Waals surface area contributed by atoms with E-state index in [2.05, 4.69) is 20.3 Å². The molecule has 1 aliphatic rings. The lowest BCUT2D eigenvalue weighted by Gasteiger charge is -2.34. The van der Waals surface area contributed by atoms with Gasteiger partial charge in [-0.1, -0.05) is 12.5 Å². The molecule has 0 saturated carbocycles. The number of anilines is 2. The minimum atomic E-state index is -3.67. The van der Waals surface area contributed by atoms with Crippen LogP contribution in [0.4, 0.5) is 11.8 Å². The van der Waals surface area contributed by atoms with E-state index < -0.39 is 10.0 Å². The van der Waals surface area contributed by atoms with Crippen LogP contribution in [0.15, 0.2) is 65.8 Å². The first-order valence-corrected chi connectivity index (χ1v) is 11.2. The number of benzene rings is 1. The van der Waals surface area contributed by atoms with Gasteiger partial charge < -0.3 is 10.1 Å². The Labute approximate surface area is 176 Å². The van der Waals surface area contributed by atoms with Crippen LogP contribution >= 0.6 is 0 Å². The van der Waals surface area contributed by atoms with Crippen LogP contribution in [0.25, 0.3) is 0 Å². The molecule has 2 aromatic heterocycles. The molecule has 0 radical (unpaired) electrons. The van der Waals surface area contributed by atoms with Crippen LogP contribution < -0.4 is 10.1 Å². The molecule has 1 N–H and O–H groups in total. The smallest absolute Gasteiger partial charge is 0.243 e. The van der Waals surface area contributed by atoms with Crippen molar-refractivity contribution in [1.82, 2.24) is 19.3 Å². The molecule has 1 atom stereocenters. The summed E-state index contributed by atoms with van der Waals surface area (Å²) in [4.78, 5) is 13.3. The predicted octanol–water partition coefficient (Wildman–Crippen LogP) is 3.54. The van der Waals surface area contributed by atoms with Crippen molar-refractivity contribution in [1.29, 1.82) is 0 Å². The number of methoxy groups -OCH3 is 1. The van der Waals surface area contributed by atoms with Crippen LogP contribution in [0.5, 0.6) is 5.75 Å². The highest BCUT2D eigenvalue weighted by Gasteiger charge is 2.35.